The van der Waals surface area contributed by atoms with Gasteiger partial charge in [0.05, 0.1) is 40.7 Å². The second-order valence-electron chi connectivity index (χ2n) is 9.01. The summed E-state index contributed by atoms with van der Waals surface area (Å²) in [6, 6.07) is 16.5. The molecule has 0 radical (unpaired) electrons. The number of para-hydroxylation sites is 1. The summed E-state index contributed by atoms with van der Waals surface area (Å²) in [6.07, 6.45) is -0.0799. The first-order valence-electron chi connectivity index (χ1n) is 12.7. The molecule has 0 aliphatic carbocycles. The number of benzene rings is 2. The second kappa shape index (κ2) is 12.4. The third kappa shape index (κ3) is 7.02. The molecule has 2 aromatic carbocycles. The van der Waals surface area contributed by atoms with Gasteiger partial charge in [-0.05, 0) is 47.9 Å². The summed E-state index contributed by atoms with van der Waals surface area (Å²) in [6.45, 7) is 1.07. The Kier molecular flexibility index (Phi) is 8.50. The lowest BCUT2D eigenvalue weighted by Crippen LogP contribution is -2.37. The summed E-state index contributed by atoms with van der Waals surface area (Å²) in [4.78, 5) is 27.8. The zero-order valence-corrected chi connectivity index (χ0v) is 22.5. The number of amides is 1. The van der Waals surface area contributed by atoms with Gasteiger partial charge in [-0.1, -0.05) is 24.3 Å². The average Bonchev–Trinajstić information content (AvgIpc) is 3.66. The summed E-state index contributed by atoms with van der Waals surface area (Å²) >= 11 is 1.50. The van der Waals surface area contributed by atoms with Crippen molar-refractivity contribution in [2.45, 2.75) is 6.18 Å². The molecule has 1 amide bonds. The molecular weight excluding hydrogens is 557 g/mol. The van der Waals surface area contributed by atoms with E-state index in [-0.39, 0.29) is 5.69 Å². The van der Waals surface area contributed by atoms with Crippen LogP contribution in [0.1, 0.15) is 11.1 Å². The number of esters is 1. The Balaban J connectivity index is 1.27. The number of hydrogen-bond donors (Lipinski definition) is 1. The van der Waals surface area contributed by atoms with Crippen LogP contribution in [0, 0.1) is 0 Å². The number of alkyl halides is 3. The van der Waals surface area contributed by atoms with Crippen LogP contribution < -0.4 is 10.2 Å². The molecule has 0 unspecified atom stereocenters. The largest absolute Gasteiger partial charge is 0.452 e. The van der Waals surface area contributed by atoms with Crippen LogP contribution in [0.5, 0.6) is 0 Å². The molecular formula is C29H25F3N4O4S. The predicted octanol–water partition coefficient (Wildman–Crippen LogP) is 5.65. The molecule has 1 saturated heterocycles. The van der Waals surface area contributed by atoms with E-state index in [1.165, 1.54) is 23.5 Å². The van der Waals surface area contributed by atoms with E-state index < -0.39 is 30.2 Å². The maximum Gasteiger partial charge on any atom is 0.416 e. The topological polar surface area (TPSA) is 85.7 Å². The number of aromatic nitrogens is 2. The van der Waals surface area contributed by atoms with Crippen molar-refractivity contribution in [1.29, 1.82) is 0 Å². The molecule has 5 rings (SSSR count). The highest BCUT2D eigenvalue weighted by molar-refractivity contribution is 7.13. The summed E-state index contributed by atoms with van der Waals surface area (Å²) in [5.74, 6) is -1.56. The minimum absolute atomic E-state index is 0.0211. The molecule has 3 heterocycles. The highest BCUT2D eigenvalue weighted by atomic mass is 32.1. The van der Waals surface area contributed by atoms with Crippen LogP contribution in [0.3, 0.4) is 0 Å². The van der Waals surface area contributed by atoms with E-state index in [9.17, 15) is 22.8 Å². The Labute approximate surface area is 237 Å². The first-order valence-corrected chi connectivity index (χ1v) is 13.5. The summed E-state index contributed by atoms with van der Waals surface area (Å²) < 4.78 is 52.1. The molecule has 1 fully saturated rings. The number of rotatable bonds is 8. The molecule has 41 heavy (non-hydrogen) atoms. The summed E-state index contributed by atoms with van der Waals surface area (Å²) in [5, 5.41) is 9.05. The molecule has 8 nitrogen and oxygen atoms in total. The molecule has 0 spiro atoms. The molecule has 0 atom stereocenters. The Morgan fingerprint density at radius 3 is 2.56 bits per heavy atom. The van der Waals surface area contributed by atoms with Crippen LogP contribution in [-0.4, -0.2) is 54.6 Å². The first kappa shape index (κ1) is 28.1. The molecule has 12 heteroatoms. The second-order valence-corrected chi connectivity index (χ2v) is 9.96. The maximum absolute atomic E-state index is 13.3. The maximum atomic E-state index is 13.3. The lowest BCUT2D eigenvalue weighted by atomic mass is 10.1. The number of hydrogen-bond acceptors (Lipinski definition) is 7. The normalized spacial score (nSPS) is 13.9. The van der Waals surface area contributed by atoms with Gasteiger partial charge in [-0.25, -0.2) is 9.48 Å². The first-order chi connectivity index (χ1) is 19.8. The van der Waals surface area contributed by atoms with E-state index >= 15 is 0 Å². The van der Waals surface area contributed by atoms with E-state index in [0.29, 0.717) is 43.2 Å². The van der Waals surface area contributed by atoms with Gasteiger partial charge in [0.1, 0.15) is 5.69 Å². The van der Waals surface area contributed by atoms with Gasteiger partial charge < -0.3 is 19.7 Å². The van der Waals surface area contributed by atoms with Crippen molar-refractivity contribution in [3.05, 3.63) is 89.4 Å². The number of carbonyl (C=O) groups is 2. The Bertz CT molecular complexity index is 1530. The zero-order valence-electron chi connectivity index (χ0n) is 21.6. The molecule has 0 saturated carbocycles. The van der Waals surface area contributed by atoms with Crippen LogP contribution in [0.2, 0.25) is 0 Å². The number of nitrogens with zero attached hydrogens (tertiary/aromatic N) is 3. The molecule has 1 N–H and O–H groups in total. The van der Waals surface area contributed by atoms with Gasteiger partial charge in [-0.15, -0.1) is 11.3 Å². The summed E-state index contributed by atoms with van der Waals surface area (Å²) in [5.41, 5.74) is 1.69. The third-order valence-electron chi connectivity index (χ3n) is 6.21. The average molecular weight is 583 g/mol. The number of carbonyl (C=O) groups excluding carboxylic acids is 2. The Hall–Kier alpha value is -4.42. The lowest BCUT2D eigenvalue weighted by Gasteiger charge is -2.31. The van der Waals surface area contributed by atoms with E-state index in [2.05, 4.69) is 10.4 Å². The SMILES string of the molecule is O=C(COC(=O)/C=C/c1cn(-c2ccccc2)nc1-c1cccs1)Nc1cc(C(F)(F)F)ccc1N1CCOCC1. The monoisotopic (exact) mass is 582 g/mol. The fraction of sp³-hybridized carbons (Fsp3) is 0.207. The fourth-order valence-electron chi connectivity index (χ4n) is 4.25. The number of ether oxygens (including phenoxy) is 2. The van der Waals surface area contributed by atoms with Crippen LogP contribution in [-0.2, 0) is 25.2 Å². The van der Waals surface area contributed by atoms with Crippen molar-refractivity contribution in [2.24, 2.45) is 0 Å². The van der Waals surface area contributed by atoms with Crippen LogP contribution in [0.15, 0.2) is 78.3 Å². The third-order valence-corrected chi connectivity index (χ3v) is 7.09. The number of nitrogens with one attached hydrogen (secondary N) is 1. The minimum Gasteiger partial charge on any atom is -0.452 e. The van der Waals surface area contributed by atoms with Gasteiger partial charge in [0.2, 0.25) is 0 Å². The molecule has 4 aromatic rings. The number of halogens is 3. The molecule has 0 bridgehead atoms. The summed E-state index contributed by atoms with van der Waals surface area (Å²) in [7, 11) is 0. The predicted molar refractivity (Wildman–Crippen MR) is 150 cm³/mol. The van der Waals surface area contributed by atoms with Crippen molar-refractivity contribution in [2.75, 3.05) is 43.1 Å². The zero-order chi connectivity index (χ0) is 28.8. The van der Waals surface area contributed by atoms with Crippen molar-refractivity contribution < 1.29 is 32.2 Å². The van der Waals surface area contributed by atoms with Crippen molar-refractivity contribution in [3.63, 3.8) is 0 Å². The molecule has 2 aromatic heterocycles. The van der Waals surface area contributed by atoms with E-state index in [1.54, 1.807) is 17.0 Å². The van der Waals surface area contributed by atoms with Crippen LogP contribution >= 0.6 is 11.3 Å². The fourth-order valence-corrected chi connectivity index (χ4v) is 4.98. The van der Waals surface area contributed by atoms with Crippen LogP contribution in [0.4, 0.5) is 24.5 Å². The van der Waals surface area contributed by atoms with Gasteiger partial charge in [-0.3, -0.25) is 4.79 Å². The highest BCUT2D eigenvalue weighted by Crippen LogP contribution is 2.36. The van der Waals surface area contributed by atoms with Gasteiger partial charge in [-0.2, -0.15) is 18.3 Å². The van der Waals surface area contributed by atoms with E-state index in [4.69, 9.17) is 9.47 Å². The Morgan fingerprint density at radius 1 is 1.07 bits per heavy atom. The lowest BCUT2D eigenvalue weighted by molar-refractivity contribution is -0.142. The van der Waals surface area contributed by atoms with Crippen molar-refractivity contribution in [1.82, 2.24) is 9.78 Å². The number of thiophene rings is 1. The smallest absolute Gasteiger partial charge is 0.416 e. The molecule has 1 aliphatic heterocycles. The standard InChI is InChI=1S/C29H25F3N4O4S/c30-29(31,32)21-9-10-24(35-12-14-39-15-13-35)23(17-21)33-26(37)19-40-27(38)11-8-20-18-36(22-5-2-1-3-6-22)34-28(20)25-7-4-16-41-25/h1-11,16-18H,12-15,19H2,(H,33,37)/b11-8+. The molecule has 1 aliphatic rings. The number of anilines is 2. The highest BCUT2D eigenvalue weighted by Gasteiger charge is 2.32. The molecule has 212 valence electrons. The van der Waals surface area contributed by atoms with Crippen molar-refractivity contribution in [3.8, 4) is 16.3 Å². The Morgan fingerprint density at radius 2 is 1.85 bits per heavy atom. The van der Waals surface area contributed by atoms with Crippen LogP contribution in [0.25, 0.3) is 22.3 Å². The van der Waals surface area contributed by atoms with Gasteiger partial charge >= 0.3 is 12.1 Å². The quantitative estimate of drug-likeness (QED) is 0.214. The van der Waals surface area contributed by atoms with Crippen molar-refractivity contribution >= 4 is 40.7 Å². The van der Waals surface area contributed by atoms with E-state index in [0.717, 1.165) is 22.7 Å². The van der Waals surface area contributed by atoms with Gasteiger partial charge in [0, 0.05) is 30.9 Å². The van der Waals surface area contributed by atoms with Gasteiger partial charge in [0.25, 0.3) is 5.91 Å². The minimum atomic E-state index is -4.59. The number of morpholine rings is 1. The van der Waals surface area contributed by atoms with Gasteiger partial charge in [0.15, 0.2) is 6.61 Å². The van der Waals surface area contributed by atoms with E-state index in [1.807, 2.05) is 52.7 Å².